The SMILES string of the molecule is OCC1CC(O)CC(c2ccc(-c3ccc(C4C(CCC(O)c5ccc(F)cc5)OC(=S)N4c4ccc(-c5ccccc5)cc4)c(O)c3)cc2)O1. The van der Waals surface area contributed by atoms with Crippen molar-refractivity contribution in [2.75, 3.05) is 11.5 Å². The Morgan fingerprint density at radius 2 is 1.45 bits per heavy atom. The molecule has 9 heteroatoms. The van der Waals surface area contributed by atoms with E-state index in [0.29, 0.717) is 36.8 Å². The maximum atomic E-state index is 13.5. The van der Waals surface area contributed by atoms with Crippen molar-refractivity contribution in [2.45, 2.75) is 62.2 Å². The number of benzene rings is 5. The van der Waals surface area contributed by atoms with E-state index in [9.17, 15) is 24.8 Å². The number of anilines is 1. The molecule has 0 spiro atoms. The highest BCUT2D eigenvalue weighted by atomic mass is 32.1. The quantitative estimate of drug-likeness (QED) is 0.108. The van der Waals surface area contributed by atoms with Crippen LogP contribution in [0.1, 0.15) is 60.6 Å². The first-order chi connectivity index (χ1) is 24.8. The highest BCUT2D eigenvalue weighted by Gasteiger charge is 2.42. The molecule has 0 bridgehead atoms. The predicted octanol–water partition coefficient (Wildman–Crippen LogP) is 8.18. The summed E-state index contributed by atoms with van der Waals surface area (Å²) < 4.78 is 25.8. The van der Waals surface area contributed by atoms with E-state index in [4.69, 9.17) is 21.7 Å². The fourth-order valence-corrected chi connectivity index (χ4v) is 7.50. The Morgan fingerprint density at radius 3 is 2.14 bits per heavy atom. The van der Waals surface area contributed by atoms with Crippen LogP contribution in [-0.2, 0) is 9.47 Å². The van der Waals surface area contributed by atoms with Gasteiger partial charge in [-0.3, -0.25) is 4.90 Å². The lowest BCUT2D eigenvalue weighted by molar-refractivity contribution is -0.113. The first-order valence-corrected chi connectivity index (χ1v) is 17.6. The summed E-state index contributed by atoms with van der Waals surface area (Å²) in [4.78, 5) is 1.92. The van der Waals surface area contributed by atoms with Crippen LogP contribution in [0.25, 0.3) is 22.3 Å². The van der Waals surface area contributed by atoms with E-state index >= 15 is 0 Å². The summed E-state index contributed by atoms with van der Waals surface area (Å²) in [6.07, 6.45) is -0.940. The van der Waals surface area contributed by atoms with Crippen LogP contribution in [0.15, 0.2) is 121 Å². The van der Waals surface area contributed by atoms with Crippen LogP contribution >= 0.6 is 12.2 Å². The van der Waals surface area contributed by atoms with Gasteiger partial charge in [-0.1, -0.05) is 91.0 Å². The Labute approximate surface area is 302 Å². The van der Waals surface area contributed by atoms with Crippen molar-refractivity contribution in [2.24, 2.45) is 0 Å². The third kappa shape index (κ3) is 7.68. The summed E-state index contributed by atoms with van der Waals surface area (Å²) in [5.74, 6) is -0.289. The summed E-state index contributed by atoms with van der Waals surface area (Å²) in [5, 5.41) is 42.7. The normalized spacial score (nSPS) is 22.5. The van der Waals surface area contributed by atoms with E-state index in [-0.39, 0.29) is 29.5 Å². The molecule has 2 heterocycles. The molecule has 5 aromatic rings. The molecule has 0 saturated carbocycles. The number of phenols is 1. The molecule has 6 unspecified atom stereocenters. The van der Waals surface area contributed by atoms with Gasteiger partial charge in [-0.2, -0.15) is 0 Å². The molecule has 262 valence electrons. The van der Waals surface area contributed by atoms with E-state index in [0.717, 1.165) is 33.5 Å². The number of aromatic hydroxyl groups is 1. The van der Waals surface area contributed by atoms with Crippen molar-refractivity contribution < 1.29 is 34.3 Å². The second-order valence-corrected chi connectivity index (χ2v) is 13.6. The van der Waals surface area contributed by atoms with Crippen molar-refractivity contribution in [3.05, 3.63) is 144 Å². The van der Waals surface area contributed by atoms with E-state index in [2.05, 4.69) is 12.1 Å². The van der Waals surface area contributed by atoms with Gasteiger partial charge in [-0.25, -0.2) is 4.39 Å². The van der Waals surface area contributed by atoms with Gasteiger partial charge in [0.25, 0.3) is 5.17 Å². The van der Waals surface area contributed by atoms with Gasteiger partial charge < -0.3 is 29.9 Å². The van der Waals surface area contributed by atoms with Crippen molar-refractivity contribution >= 4 is 23.1 Å². The number of aliphatic hydroxyl groups excluding tert-OH is 3. The van der Waals surface area contributed by atoms with Crippen LogP contribution in [0.3, 0.4) is 0 Å². The van der Waals surface area contributed by atoms with Crippen molar-refractivity contribution in [3.8, 4) is 28.0 Å². The molecular formula is C42H40FNO6S. The maximum Gasteiger partial charge on any atom is 0.264 e. The fraction of sp³-hybridized carbons (Fsp3) is 0.262. The summed E-state index contributed by atoms with van der Waals surface area (Å²) in [6, 6.07) is 36.8. The van der Waals surface area contributed by atoms with E-state index in [1.165, 1.54) is 12.1 Å². The Hall–Kier alpha value is -4.64. The molecule has 2 aliphatic rings. The number of halogens is 1. The highest BCUT2D eigenvalue weighted by Crippen LogP contribution is 2.44. The molecule has 0 amide bonds. The van der Waals surface area contributed by atoms with Gasteiger partial charge in [0.15, 0.2) is 0 Å². The second kappa shape index (κ2) is 15.3. The van der Waals surface area contributed by atoms with Crippen LogP contribution in [0.2, 0.25) is 0 Å². The van der Waals surface area contributed by atoms with Gasteiger partial charge >= 0.3 is 0 Å². The number of ether oxygens (including phenoxy) is 2. The average molecular weight is 706 g/mol. The average Bonchev–Trinajstić information content (AvgIpc) is 3.49. The Balaban J connectivity index is 1.16. The summed E-state index contributed by atoms with van der Waals surface area (Å²) in [6.45, 7) is -0.139. The van der Waals surface area contributed by atoms with Gasteiger partial charge in [-0.05, 0) is 88.8 Å². The molecular weight excluding hydrogens is 666 g/mol. The van der Waals surface area contributed by atoms with Crippen LogP contribution in [-0.4, -0.2) is 50.5 Å². The van der Waals surface area contributed by atoms with Crippen molar-refractivity contribution in [1.29, 1.82) is 0 Å². The summed E-state index contributed by atoms with van der Waals surface area (Å²) in [7, 11) is 0. The molecule has 6 atom stereocenters. The molecule has 2 saturated heterocycles. The van der Waals surface area contributed by atoms with Gasteiger partial charge in [0.1, 0.15) is 23.7 Å². The minimum Gasteiger partial charge on any atom is -0.508 e. The third-order valence-corrected chi connectivity index (χ3v) is 10.2. The molecule has 7 rings (SSSR count). The molecule has 2 aliphatic heterocycles. The highest BCUT2D eigenvalue weighted by molar-refractivity contribution is 7.80. The van der Waals surface area contributed by atoms with E-state index < -0.39 is 30.5 Å². The van der Waals surface area contributed by atoms with E-state index in [1.54, 1.807) is 18.2 Å². The molecule has 4 N–H and O–H groups in total. The van der Waals surface area contributed by atoms with Gasteiger partial charge in [0.2, 0.25) is 0 Å². The lowest BCUT2D eigenvalue weighted by Gasteiger charge is -2.32. The zero-order valence-corrected chi connectivity index (χ0v) is 28.7. The first-order valence-electron chi connectivity index (χ1n) is 17.2. The Morgan fingerprint density at radius 1 is 0.804 bits per heavy atom. The van der Waals surface area contributed by atoms with Crippen LogP contribution in [0.4, 0.5) is 10.1 Å². The van der Waals surface area contributed by atoms with Crippen LogP contribution in [0.5, 0.6) is 5.75 Å². The Kier molecular flexibility index (Phi) is 10.4. The smallest absolute Gasteiger partial charge is 0.264 e. The zero-order valence-electron chi connectivity index (χ0n) is 27.9. The largest absolute Gasteiger partial charge is 0.508 e. The zero-order chi connectivity index (χ0) is 35.5. The monoisotopic (exact) mass is 705 g/mol. The molecule has 7 nitrogen and oxygen atoms in total. The third-order valence-electron chi connectivity index (χ3n) is 9.86. The number of hydrogen-bond donors (Lipinski definition) is 4. The van der Waals surface area contributed by atoms with Gasteiger partial charge in [0.05, 0.1) is 31.0 Å². The van der Waals surface area contributed by atoms with Gasteiger partial charge in [0, 0.05) is 24.1 Å². The van der Waals surface area contributed by atoms with Crippen LogP contribution < -0.4 is 4.90 Å². The standard InChI is InChI=1S/C42H40FNO6S/c43-32-15-10-29(11-16-32)37(47)20-21-39-41(44(42(51)50-39)33-17-12-27(13-18-33)26-4-2-1-3-5-26)36-19-14-31(22-38(36)48)28-6-8-30(9-7-28)40-24-34(46)23-35(25-45)49-40/h1-19,22,34-35,37,39-41,45-48H,20-21,23-25H2. The second-order valence-electron chi connectivity index (χ2n) is 13.2. The summed E-state index contributed by atoms with van der Waals surface area (Å²) in [5.41, 5.74) is 6.80. The minimum atomic E-state index is -0.835. The predicted molar refractivity (Wildman–Crippen MR) is 199 cm³/mol. The van der Waals surface area contributed by atoms with Crippen LogP contribution in [0, 0.1) is 5.82 Å². The lowest BCUT2D eigenvalue weighted by Crippen LogP contribution is -2.33. The van der Waals surface area contributed by atoms with Crippen molar-refractivity contribution in [1.82, 2.24) is 0 Å². The molecule has 0 aliphatic carbocycles. The molecule has 51 heavy (non-hydrogen) atoms. The van der Waals surface area contributed by atoms with E-state index in [1.807, 2.05) is 83.8 Å². The number of phenolic OH excluding ortho intramolecular Hbond substituents is 1. The fourth-order valence-electron chi connectivity index (χ4n) is 7.16. The molecule has 0 radical (unpaired) electrons. The molecule has 0 aromatic heterocycles. The molecule has 2 fully saturated rings. The number of nitrogens with zero attached hydrogens (tertiary/aromatic N) is 1. The molecule has 5 aromatic carbocycles. The maximum absolute atomic E-state index is 13.5. The summed E-state index contributed by atoms with van der Waals surface area (Å²) >= 11 is 5.80. The lowest BCUT2D eigenvalue weighted by atomic mass is 9.91. The number of aliphatic hydroxyl groups is 3. The number of rotatable bonds is 10. The topological polar surface area (TPSA) is 103 Å². The van der Waals surface area contributed by atoms with Crippen molar-refractivity contribution in [3.63, 3.8) is 0 Å². The number of hydrogen-bond acceptors (Lipinski definition) is 7. The minimum absolute atomic E-state index is 0.0781. The Bertz CT molecular complexity index is 1940. The number of thiocarbonyl (C=S) groups is 1. The first kappa shape index (κ1) is 34.8. The van der Waals surface area contributed by atoms with Gasteiger partial charge in [-0.15, -0.1) is 0 Å².